The monoisotopic (exact) mass is 1860 g/mol. The van der Waals surface area contributed by atoms with Crippen LogP contribution in [0.25, 0.3) is 269 Å². The molecule has 143 heavy (non-hydrogen) atoms. The second-order valence-electron chi connectivity index (χ2n) is 35.6. The zero-order valence-electron chi connectivity index (χ0n) is 76.2. The Morgan fingerprint density at radius 1 is 0.175 bits per heavy atom. The number of rotatable bonds is 12. The maximum absolute atomic E-state index is 8.08. The van der Waals surface area contributed by atoms with Gasteiger partial charge in [-0.15, -0.1) is 22.7 Å². The van der Waals surface area contributed by atoms with E-state index < -0.39 is 0 Å². The minimum absolute atomic E-state index is 0. The molecule has 0 spiro atoms. The molecule has 27 aromatic rings. The van der Waals surface area contributed by atoms with Crippen molar-refractivity contribution in [2.45, 2.75) is 7.43 Å². The normalized spacial score (nSPS) is 11.3. The Balaban J connectivity index is 0.000000115. The SMILES string of the molecule is C.[C-]#[N+]c1cc(-c2cc(-c3cccc(-c4ccccc4)c3)c3sc4ccccc4c3c2)cc(-n2c3ccccc3c3cc([N+]#[C-])ccc32)c1.[C-]#[N+]c1cc(-c2cc(-c3ccccc3)cc(-c3ccc4oc5ccccc5c4c3)c2)cc(-n2c3ccccc3c3cc([N+]#[C-])ccc32)c1.[C-]#[N+]c1ccc2c(c1)c1ccccc1n2-c1cccc(-c2cc(-c3ccccc3)cc(-c3ccc4sc5ccccc5c4c3)c2)c1. The number of aromatic nitrogens is 3. The summed E-state index contributed by atoms with van der Waals surface area (Å²) in [6.07, 6.45) is 0. The maximum atomic E-state index is 8.08. The molecule has 0 atom stereocenters. The molecule has 0 saturated heterocycles. The number of furan rings is 1. The van der Waals surface area contributed by atoms with Crippen LogP contribution in [-0.4, -0.2) is 13.7 Å². The van der Waals surface area contributed by atoms with Gasteiger partial charge in [0.05, 0.1) is 66.0 Å². The van der Waals surface area contributed by atoms with E-state index in [1.165, 1.54) is 84.9 Å². The smallest absolute Gasteiger partial charge is 0.189 e. The van der Waals surface area contributed by atoms with Crippen molar-refractivity contribution in [3.8, 4) is 117 Å². The lowest BCUT2D eigenvalue weighted by Gasteiger charge is -2.14. The van der Waals surface area contributed by atoms with Crippen LogP contribution in [0.15, 0.2) is 465 Å². The van der Waals surface area contributed by atoms with Crippen molar-refractivity contribution < 1.29 is 4.42 Å². The van der Waals surface area contributed by atoms with Crippen LogP contribution >= 0.6 is 22.7 Å². The highest BCUT2D eigenvalue weighted by Gasteiger charge is 2.24. The van der Waals surface area contributed by atoms with Crippen LogP contribution in [0, 0.1) is 32.9 Å². The van der Waals surface area contributed by atoms with Crippen molar-refractivity contribution in [2.24, 2.45) is 0 Å². The van der Waals surface area contributed by atoms with E-state index in [-0.39, 0.29) is 7.43 Å². The summed E-state index contributed by atoms with van der Waals surface area (Å²) < 4.78 is 18.0. The first-order valence-corrected chi connectivity index (χ1v) is 48.5. The van der Waals surface area contributed by atoms with Gasteiger partial charge in [0.2, 0.25) is 0 Å². The average Bonchev–Trinajstić information content (AvgIpc) is 1.60. The first-order chi connectivity index (χ1) is 70.1. The predicted molar refractivity (Wildman–Crippen MR) is 602 cm³/mol. The first-order valence-electron chi connectivity index (χ1n) is 46.8. The summed E-state index contributed by atoms with van der Waals surface area (Å²) in [5.74, 6) is 0. The van der Waals surface area contributed by atoms with Gasteiger partial charge in [-0.2, -0.15) is 0 Å². The number of hydrogen-bond donors (Lipinski definition) is 0. The molecule has 27 rings (SSSR count). The van der Waals surface area contributed by atoms with Crippen molar-refractivity contribution in [2.75, 3.05) is 0 Å². The Morgan fingerprint density at radius 3 is 1.00 bits per heavy atom. The standard InChI is InChI=1S/C44H25N3O.C44H25N3S.C43H26N2S.CH4/c1-45-34-17-18-42-39(27-34)37-12-6-8-14-41(37)47(42)36-24-33(23-35(26-36)46-2)32-21-30(28-10-4-3-5-11-28)20-31(22-32)29-16-19-44-40(25-29)38-13-7-9-15-43(38)48-44;1-45-33-19-20-42-39(27-33)36-15-6-8-17-41(36)47(42)35-23-31(22-34(26-35)46-2)32-24-38(44-40(25-32)37-16-7-9-18-43(37)48-44)30-14-10-13-29(21-30)28-11-4-3-5-12-28;1-44-34-19-20-41-38(27-34)36-14-5-7-16-40(36)45(41)35-13-9-12-29(25-35)32-22-31(28-10-3-2-4-11-28)23-33(24-32)30-18-21-43-39(26-30)37-15-6-8-17-42(37)46-43;/h2*3-27H;2-27H;1H4. The highest BCUT2D eigenvalue weighted by atomic mass is 32.1. The van der Waals surface area contributed by atoms with Crippen LogP contribution in [-0.2, 0) is 0 Å². The number of benzene rings is 21. The molecule has 11 heteroatoms. The molecule has 0 aliphatic carbocycles. The minimum Gasteiger partial charge on any atom is -0.456 e. The van der Waals surface area contributed by atoms with Crippen LogP contribution in [0.3, 0.4) is 0 Å². The van der Waals surface area contributed by atoms with Gasteiger partial charge in [0, 0.05) is 89.9 Å². The topological polar surface area (TPSA) is 49.7 Å². The van der Waals surface area contributed by atoms with Crippen molar-refractivity contribution in [1.82, 2.24) is 13.7 Å². The third-order valence-electron chi connectivity index (χ3n) is 27.3. The van der Waals surface area contributed by atoms with E-state index in [1.807, 2.05) is 150 Å². The quantitative estimate of drug-likeness (QED) is 0.112. The van der Waals surface area contributed by atoms with E-state index in [0.717, 1.165) is 160 Å². The van der Waals surface area contributed by atoms with E-state index in [0.29, 0.717) is 28.4 Å². The molecule has 0 aliphatic heterocycles. The molecule has 0 unspecified atom stereocenters. The van der Waals surface area contributed by atoms with Crippen LogP contribution < -0.4 is 0 Å². The highest BCUT2D eigenvalue weighted by Crippen LogP contribution is 2.49. The number of hydrogen-bond acceptors (Lipinski definition) is 3. The molecular formula is C132H80N8OS2. The lowest BCUT2D eigenvalue weighted by molar-refractivity contribution is 0.669. The predicted octanol–water partition coefficient (Wildman–Crippen LogP) is 39.4. The van der Waals surface area contributed by atoms with E-state index in [2.05, 4.69) is 372 Å². The lowest BCUT2D eigenvalue weighted by atomic mass is 9.92. The summed E-state index contributed by atoms with van der Waals surface area (Å²) >= 11 is 3.68. The number of nitrogens with zero attached hydrogens (tertiary/aromatic N) is 8. The molecule has 666 valence electrons. The van der Waals surface area contributed by atoms with Gasteiger partial charge in [-0.3, -0.25) is 0 Å². The molecule has 0 fully saturated rings. The number of thiophene rings is 2. The summed E-state index contributed by atoms with van der Waals surface area (Å²) in [5.41, 5.74) is 34.2. The van der Waals surface area contributed by atoms with Crippen LogP contribution in [0.2, 0.25) is 0 Å². The van der Waals surface area contributed by atoms with Crippen molar-refractivity contribution in [1.29, 1.82) is 0 Å². The summed E-state index contributed by atoms with van der Waals surface area (Å²) in [4.78, 5) is 18.9. The van der Waals surface area contributed by atoms with E-state index in [1.54, 1.807) is 0 Å². The molecule has 21 aromatic carbocycles. The molecule has 0 radical (unpaired) electrons. The molecule has 0 N–H and O–H groups in total. The zero-order chi connectivity index (χ0) is 95.0. The van der Waals surface area contributed by atoms with Gasteiger partial charge in [-0.1, -0.05) is 268 Å². The van der Waals surface area contributed by atoms with Gasteiger partial charge >= 0.3 is 0 Å². The highest BCUT2D eigenvalue weighted by molar-refractivity contribution is 7.26. The first kappa shape index (κ1) is 86.5. The van der Waals surface area contributed by atoms with Crippen LogP contribution in [0.5, 0.6) is 0 Å². The maximum Gasteiger partial charge on any atom is 0.189 e. The second kappa shape index (κ2) is 36.3. The molecule has 0 amide bonds. The fourth-order valence-electron chi connectivity index (χ4n) is 20.7. The summed E-state index contributed by atoms with van der Waals surface area (Å²) in [6.45, 7) is 38.9. The largest absolute Gasteiger partial charge is 0.456 e. The van der Waals surface area contributed by atoms with Crippen LogP contribution in [0.1, 0.15) is 7.43 Å². The average molecular weight is 1860 g/mol. The Hall–Kier alpha value is -19.3. The minimum atomic E-state index is 0. The van der Waals surface area contributed by atoms with E-state index in [4.69, 9.17) is 37.3 Å². The summed E-state index contributed by atoms with van der Waals surface area (Å²) in [7, 11) is 0. The molecule has 0 bridgehead atoms. The van der Waals surface area contributed by atoms with Crippen LogP contribution in [0.4, 0.5) is 28.4 Å². The Bertz CT molecular complexity index is 10100. The zero-order valence-corrected chi connectivity index (χ0v) is 77.8. The number of fused-ring (bicyclic) bond motifs is 18. The lowest BCUT2D eigenvalue weighted by Crippen LogP contribution is -1.95. The molecule has 9 nitrogen and oxygen atoms in total. The third-order valence-corrected chi connectivity index (χ3v) is 29.7. The third kappa shape index (κ3) is 15.7. The summed E-state index contributed by atoms with van der Waals surface area (Å²) in [6, 6.07) is 161. The molecular weight excluding hydrogens is 1780 g/mol. The fraction of sp³-hybridized carbons (Fsp3) is 0.00758. The van der Waals surface area contributed by atoms with Gasteiger partial charge < -0.3 is 18.1 Å². The van der Waals surface area contributed by atoms with E-state index in [9.17, 15) is 0 Å². The molecule has 6 aromatic heterocycles. The Morgan fingerprint density at radius 2 is 0.497 bits per heavy atom. The Labute approximate surface area is 833 Å². The van der Waals surface area contributed by atoms with Gasteiger partial charge in [-0.25, -0.2) is 24.2 Å². The summed E-state index contributed by atoms with van der Waals surface area (Å²) in [5, 5.41) is 13.7. The second-order valence-corrected chi connectivity index (χ2v) is 37.8. The Kier molecular flexibility index (Phi) is 22.0. The molecule has 0 saturated carbocycles. The number of para-hydroxylation sites is 4. The molecule has 0 aliphatic rings. The van der Waals surface area contributed by atoms with Crippen molar-refractivity contribution >= 4 is 179 Å². The van der Waals surface area contributed by atoms with Crippen molar-refractivity contribution in [3.05, 3.63) is 518 Å². The van der Waals surface area contributed by atoms with Crippen molar-refractivity contribution in [3.63, 3.8) is 0 Å². The fourth-order valence-corrected chi connectivity index (χ4v) is 23.0. The van der Waals surface area contributed by atoms with E-state index >= 15 is 0 Å². The van der Waals surface area contributed by atoms with Gasteiger partial charge in [0.15, 0.2) is 28.4 Å². The molecule has 6 heterocycles. The van der Waals surface area contributed by atoms with Gasteiger partial charge in [0.25, 0.3) is 0 Å². The van der Waals surface area contributed by atoms with Gasteiger partial charge in [0.1, 0.15) is 11.2 Å². The van der Waals surface area contributed by atoms with Gasteiger partial charge in [-0.05, 0) is 311 Å².